The number of rotatable bonds is 4. The normalized spacial score (nSPS) is 12.4. The van der Waals surface area contributed by atoms with Crippen molar-refractivity contribution >= 4 is 11.6 Å². The molecule has 0 aromatic carbocycles. The molecule has 0 aliphatic rings. The summed E-state index contributed by atoms with van der Waals surface area (Å²) in [6.07, 6.45) is 3.63. The predicted molar refractivity (Wildman–Crippen MR) is 73.7 cm³/mol. The number of hydrogen-bond acceptors (Lipinski definition) is 3. The van der Waals surface area contributed by atoms with Crippen LogP contribution in [0.15, 0.2) is 36.7 Å². The molecule has 0 aliphatic heterocycles. The Morgan fingerprint density at radius 3 is 2.72 bits per heavy atom. The summed E-state index contributed by atoms with van der Waals surface area (Å²) in [5.74, 6) is 0. The van der Waals surface area contributed by atoms with Crippen molar-refractivity contribution in [1.82, 2.24) is 15.3 Å². The molecule has 1 atom stereocenters. The SMILES string of the molecule is CCNC(c1ccc(C)nc1)c1ncccc1Cl. The van der Waals surface area contributed by atoms with E-state index in [1.165, 1.54) is 0 Å². The van der Waals surface area contributed by atoms with Crippen LogP contribution in [0.4, 0.5) is 0 Å². The Bertz CT molecular complexity index is 511. The second-order valence-electron chi connectivity index (χ2n) is 4.09. The van der Waals surface area contributed by atoms with Crippen LogP contribution in [0.1, 0.15) is 29.9 Å². The fraction of sp³-hybridized carbons (Fsp3) is 0.286. The second kappa shape index (κ2) is 5.94. The van der Waals surface area contributed by atoms with Crippen molar-refractivity contribution < 1.29 is 0 Å². The standard InChI is InChI=1S/C14H16ClN3/c1-3-16-13(11-7-6-10(2)18-9-11)14-12(15)5-4-8-17-14/h4-9,13,16H,3H2,1-2H3. The Balaban J connectivity index is 2.40. The van der Waals surface area contributed by atoms with E-state index in [2.05, 4.69) is 28.3 Å². The number of aryl methyl sites for hydroxylation is 1. The van der Waals surface area contributed by atoms with Crippen LogP contribution in [0.2, 0.25) is 5.02 Å². The number of nitrogens with one attached hydrogen (secondary N) is 1. The molecular weight excluding hydrogens is 246 g/mol. The van der Waals surface area contributed by atoms with Gasteiger partial charge in [0.05, 0.1) is 16.8 Å². The van der Waals surface area contributed by atoms with Crippen LogP contribution in [0.25, 0.3) is 0 Å². The minimum absolute atomic E-state index is 0.0169. The van der Waals surface area contributed by atoms with Gasteiger partial charge < -0.3 is 5.32 Å². The summed E-state index contributed by atoms with van der Waals surface area (Å²) in [5.41, 5.74) is 2.91. The van der Waals surface area contributed by atoms with Crippen molar-refractivity contribution in [3.05, 3.63) is 58.6 Å². The van der Waals surface area contributed by atoms with Crippen molar-refractivity contribution in [2.45, 2.75) is 19.9 Å². The average molecular weight is 262 g/mol. The molecule has 0 spiro atoms. The molecule has 2 aromatic rings. The molecule has 2 heterocycles. The van der Waals surface area contributed by atoms with Gasteiger partial charge in [-0.3, -0.25) is 9.97 Å². The molecule has 1 N–H and O–H groups in total. The van der Waals surface area contributed by atoms with Gasteiger partial charge in [0, 0.05) is 18.1 Å². The Labute approximate surface area is 112 Å². The summed E-state index contributed by atoms with van der Waals surface area (Å²) in [6.45, 7) is 4.87. The smallest absolute Gasteiger partial charge is 0.0804 e. The monoisotopic (exact) mass is 261 g/mol. The van der Waals surface area contributed by atoms with Crippen LogP contribution >= 0.6 is 11.6 Å². The number of nitrogens with zero attached hydrogens (tertiary/aromatic N) is 2. The zero-order chi connectivity index (χ0) is 13.0. The van der Waals surface area contributed by atoms with Gasteiger partial charge in [0.15, 0.2) is 0 Å². The van der Waals surface area contributed by atoms with Gasteiger partial charge in [-0.2, -0.15) is 0 Å². The van der Waals surface area contributed by atoms with Crippen molar-refractivity contribution in [3.8, 4) is 0 Å². The maximum absolute atomic E-state index is 6.21. The first-order valence-electron chi connectivity index (χ1n) is 5.98. The minimum Gasteiger partial charge on any atom is -0.305 e. The molecule has 0 amide bonds. The van der Waals surface area contributed by atoms with Crippen LogP contribution in [-0.4, -0.2) is 16.5 Å². The lowest BCUT2D eigenvalue weighted by atomic mass is 10.0. The number of halogens is 1. The summed E-state index contributed by atoms with van der Waals surface area (Å²) in [6, 6.07) is 7.73. The van der Waals surface area contributed by atoms with Gasteiger partial charge in [-0.25, -0.2) is 0 Å². The van der Waals surface area contributed by atoms with Gasteiger partial charge in [-0.05, 0) is 37.2 Å². The van der Waals surface area contributed by atoms with E-state index in [0.29, 0.717) is 5.02 Å². The molecule has 94 valence electrons. The molecule has 0 saturated heterocycles. The highest BCUT2D eigenvalue weighted by Crippen LogP contribution is 2.25. The second-order valence-corrected chi connectivity index (χ2v) is 4.50. The Morgan fingerprint density at radius 1 is 1.28 bits per heavy atom. The summed E-state index contributed by atoms with van der Waals surface area (Å²) in [5, 5.41) is 4.06. The molecule has 0 bridgehead atoms. The van der Waals surface area contributed by atoms with Gasteiger partial charge in [0.25, 0.3) is 0 Å². The van der Waals surface area contributed by atoms with Gasteiger partial charge >= 0.3 is 0 Å². The third-order valence-electron chi connectivity index (χ3n) is 2.74. The third kappa shape index (κ3) is 2.86. The van der Waals surface area contributed by atoms with E-state index in [9.17, 15) is 0 Å². The van der Waals surface area contributed by atoms with E-state index in [1.54, 1.807) is 6.20 Å². The largest absolute Gasteiger partial charge is 0.305 e. The fourth-order valence-electron chi connectivity index (χ4n) is 1.84. The Hall–Kier alpha value is -1.45. The molecule has 0 saturated carbocycles. The van der Waals surface area contributed by atoms with E-state index >= 15 is 0 Å². The van der Waals surface area contributed by atoms with Crippen LogP contribution in [0.5, 0.6) is 0 Å². The van der Waals surface area contributed by atoms with Crippen molar-refractivity contribution in [2.24, 2.45) is 0 Å². The maximum atomic E-state index is 6.21. The van der Waals surface area contributed by atoms with Crippen LogP contribution < -0.4 is 5.32 Å². The Morgan fingerprint density at radius 2 is 2.11 bits per heavy atom. The lowest BCUT2D eigenvalue weighted by molar-refractivity contribution is 0.613. The van der Waals surface area contributed by atoms with Crippen LogP contribution in [-0.2, 0) is 0 Å². The zero-order valence-corrected chi connectivity index (χ0v) is 11.3. The highest BCUT2D eigenvalue weighted by atomic mass is 35.5. The van der Waals surface area contributed by atoms with Gasteiger partial charge in [-0.15, -0.1) is 0 Å². The van der Waals surface area contributed by atoms with Gasteiger partial charge in [0.2, 0.25) is 0 Å². The van der Waals surface area contributed by atoms with E-state index in [0.717, 1.165) is 23.5 Å². The first kappa shape index (κ1) is 13.0. The lowest BCUT2D eigenvalue weighted by Gasteiger charge is -2.18. The maximum Gasteiger partial charge on any atom is 0.0804 e. The topological polar surface area (TPSA) is 37.8 Å². The molecule has 1 unspecified atom stereocenters. The molecule has 18 heavy (non-hydrogen) atoms. The molecule has 4 heteroatoms. The van der Waals surface area contributed by atoms with Crippen LogP contribution in [0, 0.1) is 6.92 Å². The van der Waals surface area contributed by atoms with Crippen molar-refractivity contribution in [2.75, 3.05) is 6.54 Å². The van der Waals surface area contributed by atoms with E-state index in [4.69, 9.17) is 11.6 Å². The fourth-order valence-corrected chi connectivity index (χ4v) is 2.07. The number of pyridine rings is 2. The molecule has 0 radical (unpaired) electrons. The molecule has 2 aromatic heterocycles. The molecule has 0 fully saturated rings. The van der Waals surface area contributed by atoms with Gasteiger partial charge in [0.1, 0.15) is 0 Å². The van der Waals surface area contributed by atoms with Crippen molar-refractivity contribution in [3.63, 3.8) is 0 Å². The summed E-state index contributed by atoms with van der Waals surface area (Å²) >= 11 is 6.21. The average Bonchev–Trinajstić information content (AvgIpc) is 2.38. The zero-order valence-electron chi connectivity index (χ0n) is 10.5. The summed E-state index contributed by atoms with van der Waals surface area (Å²) in [7, 11) is 0. The van der Waals surface area contributed by atoms with E-state index in [-0.39, 0.29) is 6.04 Å². The number of hydrogen-bond donors (Lipinski definition) is 1. The van der Waals surface area contributed by atoms with Gasteiger partial charge in [-0.1, -0.05) is 24.6 Å². The summed E-state index contributed by atoms with van der Waals surface area (Å²) < 4.78 is 0. The van der Waals surface area contributed by atoms with E-state index in [1.807, 2.05) is 31.3 Å². The lowest BCUT2D eigenvalue weighted by Crippen LogP contribution is -2.23. The molecular formula is C14H16ClN3. The molecule has 2 rings (SSSR count). The first-order valence-corrected chi connectivity index (χ1v) is 6.36. The predicted octanol–water partition coefficient (Wildman–Crippen LogP) is 3.14. The quantitative estimate of drug-likeness (QED) is 0.919. The Kier molecular flexibility index (Phi) is 4.28. The first-order chi connectivity index (χ1) is 8.72. The highest BCUT2D eigenvalue weighted by Gasteiger charge is 2.17. The molecule has 3 nitrogen and oxygen atoms in total. The van der Waals surface area contributed by atoms with Crippen molar-refractivity contribution in [1.29, 1.82) is 0 Å². The van der Waals surface area contributed by atoms with Crippen LogP contribution in [0.3, 0.4) is 0 Å². The minimum atomic E-state index is -0.0169. The number of aromatic nitrogens is 2. The molecule has 0 aliphatic carbocycles. The highest BCUT2D eigenvalue weighted by molar-refractivity contribution is 6.31. The third-order valence-corrected chi connectivity index (χ3v) is 3.06. The summed E-state index contributed by atoms with van der Waals surface area (Å²) in [4.78, 5) is 8.70. The van der Waals surface area contributed by atoms with E-state index < -0.39 is 0 Å².